The van der Waals surface area contributed by atoms with Gasteiger partial charge in [0, 0.05) is 18.1 Å². The van der Waals surface area contributed by atoms with Crippen molar-refractivity contribution in [2.24, 2.45) is 0 Å². The summed E-state index contributed by atoms with van der Waals surface area (Å²) in [6.07, 6.45) is 3.39. The van der Waals surface area contributed by atoms with E-state index in [4.69, 9.17) is 4.84 Å². The van der Waals surface area contributed by atoms with Crippen LogP contribution in [0.3, 0.4) is 0 Å². The number of aryl methyl sites for hydroxylation is 1. The minimum absolute atomic E-state index is 0.0262. The van der Waals surface area contributed by atoms with Crippen LogP contribution in [0.4, 0.5) is 5.69 Å². The zero-order valence-electron chi connectivity index (χ0n) is 16.3. The summed E-state index contributed by atoms with van der Waals surface area (Å²) in [6.45, 7) is 2.08. The summed E-state index contributed by atoms with van der Waals surface area (Å²) >= 11 is 0. The van der Waals surface area contributed by atoms with E-state index in [1.54, 1.807) is 18.2 Å². The van der Waals surface area contributed by atoms with Crippen LogP contribution in [-0.2, 0) is 9.63 Å². The quantitative estimate of drug-likeness (QED) is 0.302. The molecule has 3 aromatic rings. The van der Waals surface area contributed by atoms with Crippen LogP contribution in [0.15, 0.2) is 91.0 Å². The third-order valence-corrected chi connectivity index (χ3v) is 4.33. The van der Waals surface area contributed by atoms with Gasteiger partial charge < -0.3 is 0 Å². The molecule has 0 aliphatic rings. The van der Waals surface area contributed by atoms with Gasteiger partial charge in [0.2, 0.25) is 0 Å². The van der Waals surface area contributed by atoms with Crippen molar-refractivity contribution in [3.05, 3.63) is 108 Å². The van der Waals surface area contributed by atoms with Crippen molar-refractivity contribution in [2.45, 2.75) is 13.3 Å². The fraction of sp³-hybridized carbons (Fsp3) is 0.120. The number of hydroxylamine groups is 1. The molecule has 1 amide bonds. The number of Topliss-reactive ketones (excluding diaryl/α,β-unsaturated/α-hetero) is 1. The molecular formula is C25H23NO3. The van der Waals surface area contributed by atoms with Crippen LogP contribution in [0.5, 0.6) is 0 Å². The molecule has 0 aromatic heterocycles. The lowest BCUT2D eigenvalue weighted by molar-refractivity contribution is -0.121. The summed E-state index contributed by atoms with van der Waals surface area (Å²) in [5, 5.41) is 1.23. The molecule has 0 saturated carbocycles. The Bertz CT molecular complexity index is 964. The highest BCUT2D eigenvalue weighted by molar-refractivity contribution is 6.02. The molecule has 4 nitrogen and oxygen atoms in total. The zero-order chi connectivity index (χ0) is 20.5. The lowest BCUT2D eigenvalue weighted by Gasteiger charge is -2.20. The van der Waals surface area contributed by atoms with Crippen molar-refractivity contribution < 1.29 is 14.4 Å². The predicted octanol–water partition coefficient (Wildman–Crippen LogP) is 5.25. The van der Waals surface area contributed by atoms with Crippen LogP contribution in [-0.4, -0.2) is 18.3 Å². The molecule has 0 bridgehead atoms. The van der Waals surface area contributed by atoms with Gasteiger partial charge in [-0.2, -0.15) is 5.06 Å². The number of nitrogens with zero attached hydrogens (tertiary/aromatic N) is 1. The number of rotatable bonds is 8. The average Bonchev–Trinajstić information content (AvgIpc) is 2.77. The van der Waals surface area contributed by atoms with E-state index in [1.807, 2.05) is 79.7 Å². The second kappa shape index (κ2) is 10.2. The number of carbonyl (C=O) groups is 2. The topological polar surface area (TPSA) is 46.6 Å². The number of carbonyl (C=O) groups excluding carboxylic acids is 2. The largest absolute Gasteiger partial charge is 0.294 e. The van der Waals surface area contributed by atoms with Gasteiger partial charge in [-0.1, -0.05) is 78.4 Å². The highest BCUT2D eigenvalue weighted by Crippen LogP contribution is 2.17. The summed E-state index contributed by atoms with van der Waals surface area (Å²) in [6, 6.07) is 26.1. The SMILES string of the molecule is Cc1ccc(N(OCCC(=O)c2ccccc2)C(=O)/C=C/c2ccccc2)cc1. The van der Waals surface area contributed by atoms with Crippen LogP contribution in [0, 0.1) is 6.92 Å². The molecule has 0 unspecified atom stereocenters. The molecule has 3 rings (SSSR count). The third kappa shape index (κ3) is 5.99. The maximum absolute atomic E-state index is 12.8. The molecule has 0 heterocycles. The number of hydrogen-bond donors (Lipinski definition) is 0. The second-order valence-electron chi connectivity index (χ2n) is 6.58. The lowest BCUT2D eigenvalue weighted by Crippen LogP contribution is -2.30. The molecule has 0 radical (unpaired) electrons. The molecular weight excluding hydrogens is 362 g/mol. The summed E-state index contributed by atoms with van der Waals surface area (Å²) in [5.41, 5.74) is 3.25. The summed E-state index contributed by atoms with van der Waals surface area (Å²) in [7, 11) is 0. The Morgan fingerprint density at radius 3 is 2.14 bits per heavy atom. The minimum Gasteiger partial charge on any atom is -0.294 e. The zero-order valence-corrected chi connectivity index (χ0v) is 16.3. The summed E-state index contributed by atoms with van der Waals surface area (Å²) < 4.78 is 0. The van der Waals surface area contributed by atoms with E-state index in [-0.39, 0.29) is 24.7 Å². The highest BCUT2D eigenvalue weighted by Gasteiger charge is 2.15. The lowest BCUT2D eigenvalue weighted by atomic mass is 10.1. The van der Waals surface area contributed by atoms with Gasteiger partial charge in [0.1, 0.15) is 0 Å². The number of hydrogen-bond acceptors (Lipinski definition) is 3. The third-order valence-electron chi connectivity index (χ3n) is 4.33. The van der Waals surface area contributed by atoms with E-state index in [9.17, 15) is 9.59 Å². The van der Waals surface area contributed by atoms with Gasteiger partial charge in [-0.3, -0.25) is 14.4 Å². The summed E-state index contributed by atoms with van der Waals surface area (Å²) in [4.78, 5) is 30.8. The predicted molar refractivity (Wildman–Crippen MR) is 115 cm³/mol. The minimum atomic E-state index is -0.315. The van der Waals surface area contributed by atoms with Crippen molar-refractivity contribution in [1.82, 2.24) is 0 Å². The Balaban J connectivity index is 1.69. The number of ketones is 1. The molecule has 0 aliphatic carbocycles. The maximum atomic E-state index is 12.8. The Morgan fingerprint density at radius 1 is 0.862 bits per heavy atom. The first kappa shape index (κ1) is 20.2. The highest BCUT2D eigenvalue weighted by atomic mass is 16.7. The van der Waals surface area contributed by atoms with Crippen LogP contribution < -0.4 is 5.06 Å². The van der Waals surface area contributed by atoms with Crippen molar-refractivity contribution in [3.63, 3.8) is 0 Å². The molecule has 0 N–H and O–H groups in total. The van der Waals surface area contributed by atoms with Gasteiger partial charge in [0.15, 0.2) is 5.78 Å². The van der Waals surface area contributed by atoms with Gasteiger partial charge in [0.25, 0.3) is 5.91 Å². The van der Waals surface area contributed by atoms with Crippen molar-refractivity contribution in [1.29, 1.82) is 0 Å². The van der Waals surface area contributed by atoms with Gasteiger partial charge in [-0.05, 0) is 30.7 Å². The van der Waals surface area contributed by atoms with Crippen molar-refractivity contribution >= 4 is 23.5 Å². The first-order valence-corrected chi connectivity index (χ1v) is 9.48. The first-order valence-electron chi connectivity index (χ1n) is 9.48. The fourth-order valence-electron chi connectivity index (χ4n) is 2.74. The first-order chi connectivity index (χ1) is 14.1. The standard InChI is InChI=1S/C25H23NO3/c1-20-12-15-23(16-13-20)26(25(28)17-14-21-8-4-2-5-9-21)29-19-18-24(27)22-10-6-3-7-11-22/h2-17H,18-19H2,1H3/b17-14+. The molecule has 0 spiro atoms. The van der Waals surface area contributed by atoms with Crippen molar-refractivity contribution in [3.8, 4) is 0 Å². The summed E-state index contributed by atoms with van der Waals surface area (Å²) in [5.74, 6) is -0.341. The Labute approximate surface area is 171 Å². The van der Waals surface area contributed by atoms with Gasteiger partial charge in [-0.25, -0.2) is 0 Å². The van der Waals surface area contributed by atoms with E-state index >= 15 is 0 Å². The second-order valence-corrected chi connectivity index (χ2v) is 6.58. The Kier molecular flexibility index (Phi) is 7.09. The van der Waals surface area contributed by atoms with Crippen LogP contribution in [0.25, 0.3) is 6.08 Å². The monoisotopic (exact) mass is 385 g/mol. The van der Waals surface area contributed by atoms with E-state index in [2.05, 4.69) is 0 Å². The Morgan fingerprint density at radius 2 is 1.48 bits per heavy atom. The van der Waals surface area contributed by atoms with Crippen molar-refractivity contribution in [2.75, 3.05) is 11.7 Å². The molecule has 0 fully saturated rings. The number of amides is 1. The van der Waals surface area contributed by atoms with E-state index in [0.29, 0.717) is 11.3 Å². The molecule has 4 heteroatoms. The van der Waals surface area contributed by atoms with E-state index in [0.717, 1.165) is 11.1 Å². The van der Waals surface area contributed by atoms with E-state index < -0.39 is 0 Å². The molecule has 0 atom stereocenters. The smallest absolute Gasteiger partial charge is 0.274 e. The van der Waals surface area contributed by atoms with Crippen LogP contribution in [0.2, 0.25) is 0 Å². The number of anilines is 1. The normalized spacial score (nSPS) is 10.8. The number of benzene rings is 3. The molecule has 0 saturated heterocycles. The molecule has 0 aliphatic heterocycles. The van der Waals surface area contributed by atoms with Gasteiger partial charge in [-0.15, -0.1) is 0 Å². The van der Waals surface area contributed by atoms with Crippen LogP contribution >= 0.6 is 0 Å². The van der Waals surface area contributed by atoms with E-state index in [1.165, 1.54) is 11.1 Å². The maximum Gasteiger partial charge on any atom is 0.274 e. The van der Waals surface area contributed by atoms with Crippen LogP contribution in [0.1, 0.15) is 27.9 Å². The molecule has 29 heavy (non-hydrogen) atoms. The fourth-order valence-corrected chi connectivity index (χ4v) is 2.74. The van der Waals surface area contributed by atoms with Gasteiger partial charge >= 0.3 is 0 Å². The Hall–Kier alpha value is -3.50. The molecule has 3 aromatic carbocycles. The molecule has 146 valence electrons. The average molecular weight is 385 g/mol. The van der Waals surface area contributed by atoms with Gasteiger partial charge in [0.05, 0.1) is 12.3 Å².